The molecule has 2 rings (SSSR count). The number of carbonyl (C=O) groups is 2. The number of nitrogens with one attached hydrogen (secondary N) is 1. The molecule has 1 amide bonds. The number of carboxylic acids is 1. The Kier molecular flexibility index (Phi) is 4.99. The topological polar surface area (TPSA) is 79.3 Å². The highest BCUT2D eigenvalue weighted by Gasteiger charge is 2.33. The standard InChI is InChI=1S/C13H17ClN2O3S/c1-7-11(14)20-10(16-7)4-5-15-12(17)8-2-3-9(6-8)13(18)19/h8-9H,2-6H2,1H3,(H,15,17)(H,18,19)/t8-,9+/m1/s1. The zero-order valence-corrected chi connectivity index (χ0v) is 12.8. The Morgan fingerprint density at radius 3 is 2.70 bits per heavy atom. The second kappa shape index (κ2) is 6.54. The van der Waals surface area contributed by atoms with E-state index in [1.54, 1.807) is 0 Å². The van der Waals surface area contributed by atoms with E-state index in [0.717, 1.165) is 10.7 Å². The number of nitrogens with zero attached hydrogens (tertiary/aromatic N) is 1. The van der Waals surface area contributed by atoms with Crippen molar-refractivity contribution in [2.45, 2.75) is 32.6 Å². The van der Waals surface area contributed by atoms with Crippen LogP contribution < -0.4 is 5.32 Å². The Bertz CT molecular complexity index is 498. The van der Waals surface area contributed by atoms with Crippen LogP contribution in [-0.4, -0.2) is 28.5 Å². The summed E-state index contributed by atoms with van der Waals surface area (Å²) in [6.45, 7) is 2.36. The molecule has 1 heterocycles. The lowest BCUT2D eigenvalue weighted by molar-refractivity contribution is -0.141. The van der Waals surface area contributed by atoms with Crippen molar-refractivity contribution in [2.24, 2.45) is 11.8 Å². The molecule has 20 heavy (non-hydrogen) atoms. The van der Waals surface area contributed by atoms with Crippen LogP contribution in [0.2, 0.25) is 4.34 Å². The average Bonchev–Trinajstić information content (AvgIpc) is 2.97. The first-order chi connectivity index (χ1) is 9.47. The van der Waals surface area contributed by atoms with Crippen molar-refractivity contribution in [1.29, 1.82) is 0 Å². The van der Waals surface area contributed by atoms with Gasteiger partial charge in [0, 0.05) is 18.9 Å². The van der Waals surface area contributed by atoms with Crippen molar-refractivity contribution >= 4 is 34.8 Å². The fourth-order valence-electron chi connectivity index (χ4n) is 2.42. The van der Waals surface area contributed by atoms with Crippen molar-refractivity contribution in [3.63, 3.8) is 0 Å². The molecule has 7 heteroatoms. The first-order valence-electron chi connectivity index (χ1n) is 6.59. The highest BCUT2D eigenvalue weighted by atomic mass is 35.5. The summed E-state index contributed by atoms with van der Waals surface area (Å²) in [5.74, 6) is -1.38. The molecule has 1 aliphatic carbocycles. The van der Waals surface area contributed by atoms with Gasteiger partial charge in [0.15, 0.2) is 0 Å². The van der Waals surface area contributed by atoms with Gasteiger partial charge < -0.3 is 10.4 Å². The Morgan fingerprint density at radius 1 is 1.45 bits per heavy atom. The molecule has 1 aromatic rings. The van der Waals surface area contributed by atoms with Crippen molar-refractivity contribution in [3.05, 3.63) is 15.0 Å². The van der Waals surface area contributed by atoms with Gasteiger partial charge in [0.05, 0.1) is 16.6 Å². The minimum absolute atomic E-state index is 0.0480. The summed E-state index contributed by atoms with van der Waals surface area (Å²) in [6, 6.07) is 0. The monoisotopic (exact) mass is 316 g/mol. The van der Waals surface area contributed by atoms with Crippen molar-refractivity contribution in [1.82, 2.24) is 10.3 Å². The van der Waals surface area contributed by atoms with Gasteiger partial charge >= 0.3 is 5.97 Å². The van der Waals surface area contributed by atoms with Crippen LogP contribution in [0.3, 0.4) is 0 Å². The molecule has 0 aliphatic heterocycles. The number of amides is 1. The number of aromatic nitrogens is 1. The molecule has 1 aromatic heterocycles. The van der Waals surface area contributed by atoms with E-state index in [1.807, 2.05) is 6.92 Å². The summed E-state index contributed by atoms with van der Waals surface area (Å²) in [5, 5.41) is 12.7. The molecule has 2 atom stereocenters. The average molecular weight is 317 g/mol. The molecule has 0 unspecified atom stereocenters. The molecule has 5 nitrogen and oxygen atoms in total. The molecular formula is C13H17ClN2O3S. The fourth-order valence-corrected chi connectivity index (χ4v) is 3.52. The summed E-state index contributed by atoms with van der Waals surface area (Å²) < 4.78 is 0.686. The number of carbonyl (C=O) groups excluding carboxylic acids is 1. The Hall–Kier alpha value is -1.14. The lowest BCUT2D eigenvalue weighted by atomic mass is 10.0. The van der Waals surface area contributed by atoms with Crippen LogP contribution >= 0.6 is 22.9 Å². The van der Waals surface area contributed by atoms with Gasteiger partial charge in [0.25, 0.3) is 0 Å². The number of carboxylic acid groups (broad SMARTS) is 1. The SMILES string of the molecule is Cc1nc(CCNC(=O)[C@@H]2CC[C@H](C(=O)O)C2)sc1Cl. The predicted molar refractivity (Wildman–Crippen MR) is 77.0 cm³/mol. The van der Waals surface area contributed by atoms with Gasteiger partial charge in [-0.05, 0) is 26.2 Å². The number of rotatable bonds is 5. The maximum absolute atomic E-state index is 11.9. The third-order valence-electron chi connectivity index (χ3n) is 3.58. The van der Waals surface area contributed by atoms with E-state index < -0.39 is 5.97 Å². The second-order valence-corrected chi connectivity index (χ2v) is 6.74. The maximum Gasteiger partial charge on any atom is 0.306 e. The van der Waals surface area contributed by atoms with Gasteiger partial charge in [-0.1, -0.05) is 11.6 Å². The minimum atomic E-state index is -0.798. The molecule has 1 fully saturated rings. The first kappa shape index (κ1) is 15.3. The molecule has 2 N–H and O–H groups in total. The van der Waals surface area contributed by atoms with Gasteiger partial charge in [0.2, 0.25) is 5.91 Å². The summed E-state index contributed by atoms with van der Waals surface area (Å²) in [4.78, 5) is 27.1. The highest BCUT2D eigenvalue weighted by molar-refractivity contribution is 7.16. The molecular weight excluding hydrogens is 300 g/mol. The van der Waals surface area contributed by atoms with Crippen LogP contribution in [0, 0.1) is 18.8 Å². The number of hydrogen-bond donors (Lipinski definition) is 2. The molecule has 110 valence electrons. The van der Waals surface area contributed by atoms with Crippen LogP contribution in [0.1, 0.15) is 30.0 Å². The highest BCUT2D eigenvalue weighted by Crippen LogP contribution is 2.31. The number of halogens is 1. The van der Waals surface area contributed by atoms with Gasteiger partial charge in [-0.15, -0.1) is 11.3 Å². The van der Waals surface area contributed by atoms with E-state index in [2.05, 4.69) is 10.3 Å². The van der Waals surface area contributed by atoms with Crippen molar-refractivity contribution < 1.29 is 14.7 Å². The number of aryl methyl sites for hydroxylation is 1. The Labute approximate surface area is 126 Å². The van der Waals surface area contributed by atoms with E-state index in [9.17, 15) is 9.59 Å². The van der Waals surface area contributed by atoms with Crippen LogP contribution in [0.4, 0.5) is 0 Å². The zero-order valence-electron chi connectivity index (χ0n) is 11.2. The normalized spacial score (nSPS) is 21.9. The lowest BCUT2D eigenvalue weighted by Gasteiger charge is -2.10. The second-order valence-electron chi connectivity index (χ2n) is 5.05. The third kappa shape index (κ3) is 3.70. The van der Waals surface area contributed by atoms with E-state index in [-0.39, 0.29) is 17.7 Å². The van der Waals surface area contributed by atoms with Gasteiger partial charge in [-0.2, -0.15) is 0 Å². The summed E-state index contributed by atoms with van der Waals surface area (Å²) >= 11 is 7.36. The lowest BCUT2D eigenvalue weighted by Crippen LogP contribution is -2.31. The Balaban J connectivity index is 1.74. The van der Waals surface area contributed by atoms with Gasteiger partial charge in [-0.25, -0.2) is 4.98 Å². The maximum atomic E-state index is 11.9. The molecule has 0 spiro atoms. The minimum Gasteiger partial charge on any atom is -0.481 e. The molecule has 0 bridgehead atoms. The fraction of sp³-hybridized carbons (Fsp3) is 0.615. The predicted octanol–water partition coefficient (Wildman–Crippen LogP) is 2.26. The molecule has 0 aromatic carbocycles. The summed E-state index contributed by atoms with van der Waals surface area (Å²) in [7, 11) is 0. The van der Waals surface area contributed by atoms with Crippen LogP contribution in [-0.2, 0) is 16.0 Å². The van der Waals surface area contributed by atoms with Crippen LogP contribution in [0.5, 0.6) is 0 Å². The largest absolute Gasteiger partial charge is 0.481 e. The zero-order chi connectivity index (χ0) is 14.7. The van der Waals surface area contributed by atoms with Gasteiger partial charge in [0.1, 0.15) is 4.34 Å². The number of thiazole rings is 1. The van der Waals surface area contributed by atoms with E-state index in [0.29, 0.717) is 36.6 Å². The third-order valence-corrected chi connectivity index (χ3v) is 5.09. The smallest absolute Gasteiger partial charge is 0.306 e. The van der Waals surface area contributed by atoms with E-state index in [1.165, 1.54) is 11.3 Å². The quantitative estimate of drug-likeness (QED) is 0.873. The van der Waals surface area contributed by atoms with Crippen LogP contribution in [0.25, 0.3) is 0 Å². The van der Waals surface area contributed by atoms with Crippen LogP contribution in [0.15, 0.2) is 0 Å². The summed E-state index contributed by atoms with van der Waals surface area (Å²) in [5.41, 5.74) is 0.818. The van der Waals surface area contributed by atoms with Gasteiger partial charge in [-0.3, -0.25) is 9.59 Å². The molecule has 0 radical (unpaired) electrons. The number of aliphatic carboxylic acids is 1. The molecule has 1 aliphatic rings. The van der Waals surface area contributed by atoms with E-state index >= 15 is 0 Å². The van der Waals surface area contributed by atoms with E-state index in [4.69, 9.17) is 16.7 Å². The molecule has 0 saturated heterocycles. The Morgan fingerprint density at radius 2 is 2.15 bits per heavy atom. The first-order valence-corrected chi connectivity index (χ1v) is 7.79. The molecule has 1 saturated carbocycles. The van der Waals surface area contributed by atoms with Crippen molar-refractivity contribution in [2.75, 3.05) is 6.54 Å². The summed E-state index contributed by atoms with van der Waals surface area (Å²) in [6.07, 6.45) is 2.35. The van der Waals surface area contributed by atoms with Crippen molar-refractivity contribution in [3.8, 4) is 0 Å². The number of hydrogen-bond acceptors (Lipinski definition) is 4.